The molecule has 0 spiro atoms. The first-order valence-corrected chi connectivity index (χ1v) is 10.6. The number of nitrogens with zero attached hydrogens (tertiary/aromatic N) is 1. The Morgan fingerprint density at radius 2 is 2.00 bits per heavy atom. The molecule has 134 valence electrons. The fraction of sp³-hybridized carbons (Fsp3) is 0.389. The standard InChI is InChI=1S/C18H22N2O3S2/c1-18(17(21)19-13-15-7-3-2-4-8-15)10-6-11-20(14-18)25(22,23)16-9-5-12-24-16/h2-5,7-9,12H,6,10-11,13-14H2,1H3,(H,19,21)/t18-/m0/s1. The summed E-state index contributed by atoms with van der Waals surface area (Å²) in [6.45, 7) is 2.98. The van der Waals surface area contributed by atoms with Crippen molar-refractivity contribution in [3.8, 4) is 0 Å². The van der Waals surface area contributed by atoms with E-state index in [1.165, 1.54) is 15.6 Å². The third kappa shape index (κ3) is 3.94. The Morgan fingerprint density at radius 3 is 2.68 bits per heavy atom. The number of carbonyl (C=O) groups excluding carboxylic acids is 1. The monoisotopic (exact) mass is 378 g/mol. The molecule has 1 aliphatic heterocycles. The highest BCUT2D eigenvalue weighted by Crippen LogP contribution is 2.33. The number of sulfonamides is 1. The molecule has 0 bridgehead atoms. The zero-order valence-corrected chi connectivity index (χ0v) is 15.8. The molecule has 0 unspecified atom stereocenters. The van der Waals surface area contributed by atoms with E-state index in [0.29, 0.717) is 30.1 Å². The van der Waals surface area contributed by atoms with Gasteiger partial charge in [0.05, 0.1) is 5.41 Å². The van der Waals surface area contributed by atoms with Crippen LogP contribution >= 0.6 is 11.3 Å². The predicted octanol–water partition coefficient (Wildman–Crippen LogP) is 2.86. The fourth-order valence-corrected chi connectivity index (χ4v) is 5.86. The van der Waals surface area contributed by atoms with Crippen LogP contribution in [0.3, 0.4) is 0 Å². The summed E-state index contributed by atoms with van der Waals surface area (Å²) < 4.78 is 27.3. The van der Waals surface area contributed by atoms with Crippen molar-refractivity contribution in [3.05, 3.63) is 53.4 Å². The molecule has 2 heterocycles. The smallest absolute Gasteiger partial charge is 0.252 e. The minimum atomic E-state index is -3.52. The lowest BCUT2D eigenvalue weighted by Gasteiger charge is -2.38. The molecule has 25 heavy (non-hydrogen) atoms. The summed E-state index contributed by atoms with van der Waals surface area (Å²) in [6.07, 6.45) is 1.37. The second-order valence-electron chi connectivity index (χ2n) is 6.60. The molecule has 1 N–H and O–H groups in total. The summed E-state index contributed by atoms with van der Waals surface area (Å²) in [4.78, 5) is 12.7. The number of amides is 1. The van der Waals surface area contributed by atoms with Gasteiger partial charge in [-0.05, 0) is 36.8 Å². The molecule has 0 radical (unpaired) electrons. The van der Waals surface area contributed by atoms with Gasteiger partial charge in [-0.2, -0.15) is 4.31 Å². The molecular weight excluding hydrogens is 356 g/mol. The third-order valence-corrected chi connectivity index (χ3v) is 7.81. The number of hydrogen-bond acceptors (Lipinski definition) is 4. The highest BCUT2D eigenvalue weighted by molar-refractivity contribution is 7.91. The number of piperidine rings is 1. The summed E-state index contributed by atoms with van der Waals surface area (Å²) in [5.74, 6) is -0.0950. The molecule has 1 fully saturated rings. The Kier molecular flexibility index (Phi) is 5.27. The second kappa shape index (κ2) is 7.27. The Morgan fingerprint density at radius 1 is 1.24 bits per heavy atom. The van der Waals surface area contributed by atoms with Crippen molar-refractivity contribution < 1.29 is 13.2 Å². The first-order valence-electron chi connectivity index (χ1n) is 8.28. The van der Waals surface area contributed by atoms with Crippen LogP contribution in [0.15, 0.2) is 52.1 Å². The van der Waals surface area contributed by atoms with E-state index in [0.717, 1.165) is 5.56 Å². The van der Waals surface area contributed by atoms with Crippen LogP contribution in [0.2, 0.25) is 0 Å². The largest absolute Gasteiger partial charge is 0.352 e. The van der Waals surface area contributed by atoms with Crippen molar-refractivity contribution in [2.24, 2.45) is 5.41 Å². The van der Waals surface area contributed by atoms with Gasteiger partial charge in [0.2, 0.25) is 5.91 Å². The minimum Gasteiger partial charge on any atom is -0.352 e. The molecule has 3 rings (SSSR count). The Balaban J connectivity index is 1.69. The Labute approximate surface area is 152 Å². The third-order valence-electron chi connectivity index (χ3n) is 4.59. The van der Waals surface area contributed by atoms with Gasteiger partial charge in [0.15, 0.2) is 0 Å². The lowest BCUT2D eigenvalue weighted by molar-refractivity contribution is -0.132. The molecular formula is C18H22N2O3S2. The van der Waals surface area contributed by atoms with Crippen molar-refractivity contribution in [3.63, 3.8) is 0 Å². The SMILES string of the molecule is C[C@]1(C(=O)NCc2ccccc2)CCCN(S(=O)(=O)c2cccs2)C1. The number of thiophene rings is 1. The number of benzene rings is 1. The highest BCUT2D eigenvalue weighted by Gasteiger charge is 2.42. The minimum absolute atomic E-state index is 0.0950. The quantitative estimate of drug-likeness (QED) is 0.870. The van der Waals surface area contributed by atoms with Gasteiger partial charge in [0.1, 0.15) is 4.21 Å². The first kappa shape index (κ1) is 18.1. The zero-order valence-electron chi connectivity index (χ0n) is 14.1. The lowest BCUT2D eigenvalue weighted by atomic mass is 9.82. The highest BCUT2D eigenvalue weighted by atomic mass is 32.2. The van der Waals surface area contributed by atoms with Gasteiger partial charge < -0.3 is 5.32 Å². The van der Waals surface area contributed by atoms with Crippen molar-refractivity contribution in [1.29, 1.82) is 0 Å². The maximum atomic E-state index is 12.7. The molecule has 1 amide bonds. The average molecular weight is 379 g/mol. The zero-order chi connectivity index (χ0) is 17.9. The van der Waals surface area contributed by atoms with E-state index < -0.39 is 15.4 Å². The first-order chi connectivity index (χ1) is 11.9. The van der Waals surface area contributed by atoms with Crippen LogP contribution in [0.25, 0.3) is 0 Å². The molecule has 7 heteroatoms. The number of rotatable bonds is 5. The second-order valence-corrected chi connectivity index (χ2v) is 9.72. The van der Waals surface area contributed by atoms with Crippen molar-refractivity contribution in [2.45, 2.75) is 30.5 Å². The summed E-state index contributed by atoms with van der Waals surface area (Å²) in [6, 6.07) is 13.0. The number of hydrogen-bond donors (Lipinski definition) is 1. The Hall–Kier alpha value is -1.70. The van der Waals surface area contributed by atoms with E-state index >= 15 is 0 Å². The molecule has 1 saturated heterocycles. The fourth-order valence-electron chi connectivity index (χ4n) is 3.11. The average Bonchev–Trinajstić information content (AvgIpc) is 3.16. The Bertz CT molecular complexity index is 819. The van der Waals surface area contributed by atoms with Crippen LogP contribution in [0.1, 0.15) is 25.3 Å². The molecule has 0 saturated carbocycles. The summed E-state index contributed by atoms with van der Waals surface area (Å²) >= 11 is 1.21. The molecule has 2 aromatic rings. The molecule has 5 nitrogen and oxygen atoms in total. The van der Waals surface area contributed by atoms with Gasteiger partial charge >= 0.3 is 0 Å². The van der Waals surface area contributed by atoms with Crippen LogP contribution in [0.4, 0.5) is 0 Å². The van der Waals surface area contributed by atoms with E-state index in [4.69, 9.17) is 0 Å². The van der Waals surface area contributed by atoms with Gasteiger partial charge in [-0.1, -0.05) is 36.4 Å². The van der Waals surface area contributed by atoms with Crippen molar-refractivity contribution in [1.82, 2.24) is 9.62 Å². The molecule has 1 aromatic heterocycles. The van der Waals surface area contributed by atoms with E-state index in [1.807, 2.05) is 37.3 Å². The number of carbonyl (C=O) groups is 1. The van der Waals surface area contributed by atoms with Crippen LogP contribution in [-0.2, 0) is 21.4 Å². The lowest BCUT2D eigenvalue weighted by Crippen LogP contribution is -2.51. The number of nitrogens with one attached hydrogen (secondary N) is 1. The maximum absolute atomic E-state index is 12.7. The van der Waals surface area contributed by atoms with Crippen LogP contribution < -0.4 is 5.32 Å². The van der Waals surface area contributed by atoms with Crippen LogP contribution in [-0.4, -0.2) is 31.7 Å². The maximum Gasteiger partial charge on any atom is 0.252 e. The van der Waals surface area contributed by atoms with E-state index in [2.05, 4.69) is 5.32 Å². The van der Waals surface area contributed by atoms with E-state index in [9.17, 15) is 13.2 Å². The molecule has 1 aliphatic rings. The normalized spacial score (nSPS) is 21.8. The summed E-state index contributed by atoms with van der Waals surface area (Å²) in [7, 11) is -3.52. The molecule has 1 atom stereocenters. The van der Waals surface area contributed by atoms with E-state index in [-0.39, 0.29) is 12.5 Å². The van der Waals surface area contributed by atoms with Crippen LogP contribution in [0.5, 0.6) is 0 Å². The van der Waals surface area contributed by atoms with Gasteiger partial charge in [-0.3, -0.25) is 4.79 Å². The van der Waals surface area contributed by atoms with E-state index in [1.54, 1.807) is 17.5 Å². The van der Waals surface area contributed by atoms with Crippen molar-refractivity contribution >= 4 is 27.3 Å². The summed E-state index contributed by atoms with van der Waals surface area (Å²) in [5, 5.41) is 4.71. The molecule has 0 aliphatic carbocycles. The van der Waals surface area contributed by atoms with Gasteiger partial charge in [0.25, 0.3) is 10.0 Å². The summed E-state index contributed by atoms with van der Waals surface area (Å²) in [5.41, 5.74) is 0.315. The molecule has 1 aromatic carbocycles. The van der Waals surface area contributed by atoms with Crippen molar-refractivity contribution in [2.75, 3.05) is 13.1 Å². The van der Waals surface area contributed by atoms with Gasteiger partial charge in [-0.15, -0.1) is 11.3 Å². The topological polar surface area (TPSA) is 66.5 Å². The predicted molar refractivity (Wildman–Crippen MR) is 98.7 cm³/mol. The van der Waals surface area contributed by atoms with Gasteiger partial charge in [-0.25, -0.2) is 8.42 Å². The van der Waals surface area contributed by atoms with Crippen LogP contribution in [0, 0.1) is 5.41 Å². The van der Waals surface area contributed by atoms with Gasteiger partial charge in [0, 0.05) is 19.6 Å².